The quantitative estimate of drug-likeness (QED) is 0.814. The van der Waals surface area contributed by atoms with E-state index >= 15 is 0 Å². The van der Waals surface area contributed by atoms with Gasteiger partial charge in [0.1, 0.15) is 5.75 Å². The Morgan fingerprint density at radius 2 is 1.82 bits per heavy atom. The predicted octanol–water partition coefficient (Wildman–Crippen LogP) is 1.48. The fourth-order valence-electron chi connectivity index (χ4n) is 1.66. The lowest BCUT2D eigenvalue weighted by atomic mass is 10.1. The molecule has 94 valence electrons. The summed E-state index contributed by atoms with van der Waals surface area (Å²) >= 11 is 0. The molecule has 2 N–H and O–H groups in total. The first-order valence-electron chi connectivity index (χ1n) is 5.70. The van der Waals surface area contributed by atoms with Gasteiger partial charge in [-0.05, 0) is 31.5 Å². The number of carbonyl (C=O) groups is 1. The first-order valence-corrected chi connectivity index (χ1v) is 5.70. The fraction of sp³-hybridized carbons (Fsp3) is 0.462. The number of amides is 1. The molecule has 1 rings (SSSR count). The van der Waals surface area contributed by atoms with E-state index in [1.54, 1.807) is 14.2 Å². The van der Waals surface area contributed by atoms with E-state index in [1.165, 1.54) is 0 Å². The summed E-state index contributed by atoms with van der Waals surface area (Å²) in [4.78, 5) is 11.4. The van der Waals surface area contributed by atoms with Crippen LogP contribution in [-0.2, 0) is 4.79 Å². The highest BCUT2D eigenvalue weighted by atomic mass is 16.5. The van der Waals surface area contributed by atoms with E-state index in [2.05, 4.69) is 10.6 Å². The largest absolute Gasteiger partial charge is 0.497 e. The minimum Gasteiger partial charge on any atom is -0.497 e. The lowest BCUT2D eigenvalue weighted by Gasteiger charge is -2.19. The minimum atomic E-state index is -0.211. The molecule has 0 saturated heterocycles. The second-order valence-corrected chi connectivity index (χ2v) is 4.00. The Morgan fingerprint density at radius 3 is 2.29 bits per heavy atom. The number of nitrogens with one attached hydrogen (secondary N) is 2. The van der Waals surface area contributed by atoms with Crippen molar-refractivity contribution in [2.24, 2.45) is 0 Å². The summed E-state index contributed by atoms with van der Waals surface area (Å²) < 4.78 is 5.10. The molecule has 0 aliphatic rings. The number of hydrogen-bond acceptors (Lipinski definition) is 3. The van der Waals surface area contributed by atoms with Gasteiger partial charge < -0.3 is 10.1 Å². The van der Waals surface area contributed by atoms with Crippen molar-refractivity contribution in [1.82, 2.24) is 10.6 Å². The number of carbonyl (C=O) groups excluding carboxylic acids is 1. The predicted molar refractivity (Wildman–Crippen MR) is 68.1 cm³/mol. The van der Waals surface area contributed by atoms with Crippen molar-refractivity contribution in [1.29, 1.82) is 0 Å². The molecule has 4 nitrogen and oxygen atoms in total. The summed E-state index contributed by atoms with van der Waals surface area (Å²) in [6.07, 6.45) is 0. The maximum atomic E-state index is 11.4. The van der Waals surface area contributed by atoms with Gasteiger partial charge in [0.25, 0.3) is 0 Å². The molecule has 1 amide bonds. The zero-order chi connectivity index (χ0) is 12.8. The summed E-state index contributed by atoms with van der Waals surface area (Å²) in [5.41, 5.74) is 1.13. The van der Waals surface area contributed by atoms with Gasteiger partial charge in [-0.1, -0.05) is 12.1 Å². The number of hydrogen-bond donors (Lipinski definition) is 2. The van der Waals surface area contributed by atoms with Gasteiger partial charge >= 0.3 is 0 Å². The summed E-state index contributed by atoms with van der Waals surface area (Å²) in [7, 11) is 3.28. The zero-order valence-corrected chi connectivity index (χ0v) is 10.8. The average Bonchev–Trinajstić information content (AvgIpc) is 2.37. The third-order valence-electron chi connectivity index (χ3n) is 2.76. The van der Waals surface area contributed by atoms with Crippen molar-refractivity contribution in [2.75, 3.05) is 14.2 Å². The highest BCUT2D eigenvalue weighted by molar-refractivity contribution is 5.80. The molecule has 0 bridgehead atoms. The van der Waals surface area contributed by atoms with Gasteiger partial charge in [0, 0.05) is 13.1 Å². The van der Waals surface area contributed by atoms with Gasteiger partial charge in [-0.2, -0.15) is 0 Å². The van der Waals surface area contributed by atoms with Crippen molar-refractivity contribution in [3.63, 3.8) is 0 Å². The van der Waals surface area contributed by atoms with Gasteiger partial charge in [-0.15, -0.1) is 0 Å². The molecule has 0 fully saturated rings. The Balaban J connectivity index is 2.62. The van der Waals surface area contributed by atoms with E-state index < -0.39 is 0 Å². The van der Waals surface area contributed by atoms with Crippen LogP contribution in [0.15, 0.2) is 24.3 Å². The number of rotatable bonds is 5. The molecular formula is C13H20N2O2. The maximum absolute atomic E-state index is 11.4. The van der Waals surface area contributed by atoms with Gasteiger partial charge in [-0.25, -0.2) is 0 Å². The lowest BCUT2D eigenvalue weighted by Crippen LogP contribution is -2.41. The van der Waals surface area contributed by atoms with Crippen LogP contribution in [0.1, 0.15) is 25.5 Å². The van der Waals surface area contributed by atoms with Crippen molar-refractivity contribution >= 4 is 5.91 Å². The highest BCUT2D eigenvalue weighted by Crippen LogP contribution is 2.17. The molecule has 0 radical (unpaired) electrons. The second kappa shape index (κ2) is 6.25. The molecule has 0 spiro atoms. The smallest absolute Gasteiger partial charge is 0.236 e. The molecule has 17 heavy (non-hydrogen) atoms. The van der Waals surface area contributed by atoms with E-state index in [4.69, 9.17) is 4.74 Å². The van der Waals surface area contributed by atoms with Crippen LogP contribution in [0.4, 0.5) is 0 Å². The van der Waals surface area contributed by atoms with Crippen LogP contribution < -0.4 is 15.4 Å². The van der Waals surface area contributed by atoms with Crippen LogP contribution in [0, 0.1) is 0 Å². The van der Waals surface area contributed by atoms with Crippen LogP contribution >= 0.6 is 0 Å². The molecule has 1 aromatic rings. The Bertz CT molecular complexity index is 362. The first kappa shape index (κ1) is 13.5. The molecule has 2 atom stereocenters. The van der Waals surface area contributed by atoms with Crippen LogP contribution in [0.5, 0.6) is 5.75 Å². The van der Waals surface area contributed by atoms with Gasteiger partial charge in [0.05, 0.1) is 13.2 Å². The lowest BCUT2D eigenvalue weighted by molar-refractivity contribution is -0.122. The molecule has 0 aliphatic carbocycles. The summed E-state index contributed by atoms with van der Waals surface area (Å²) in [5, 5.41) is 5.85. The first-order chi connectivity index (χ1) is 8.08. The number of likely N-dealkylation sites (N-methyl/N-ethyl adjacent to an activating group) is 1. The van der Waals surface area contributed by atoms with E-state index in [0.717, 1.165) is 11.3 Å². The number of ether oxygens (including phenoxy) is 1. The Morgan fingerprint density at radius 1 is 1.24 bits per heavy atom. The molecule has 0 saturated carbocycles. The van der Waals surface area contributed by atoms with Gasteiger partial charge in [0.2, 0.25) is 5.91 Å². The van der Waals surface area contributed by atoms with Crippen molar-refractivity contribution in [2.45, 2.75) is 25.9 Å². The molecule has 0 heterocycles. The van der Waals surface area contributed by atoms with E-state index in [9.17, 15) is 4.79 Å². The SMILES string of the molecule is CNC(=O)C(C)N[C@H](C)c1ccc(OC)cc1. The topological polar surface area (TPSA) is 50.4 Å². The van der Waals surface area contributed by atoms with Gasteiger partial charge in [-0.3, -0.25) is 10.1 Å². The zero-order valence-electron chi connectivity index (χ0n) is 10.8. The molecule has 4 heteroatoms. The summed E-state index contributed by atoms with van der Waals surface area (Å²) in [6, 6.07) is 7.72. The molecule has 1 aromatic carbocycles. The Kier molecular flexibility index (Phi) is 4.97. The van der Waals surface area contributed by atoms with Crippen LogP contribution in [-0.4, -0.2) is 26.1 Å². The molecule has 1 unspecified atom stereocenters. The van der Waals surface area contributed by atoms with Crippen LogP contribution in [0.3, 0.4) is 0 Å². The normalized spacial score (nSPS) is 13.9. The van der Waals surface area contributed by atoms with Crippen molar-refractivity contribution in [3.05, 3.63) is 29.8 Å². The number of methoxy groups -OCH3 is 1. The highest BCUT2D eigenvalue weighted by Gasteiger charge is 2.14. The monoisotopic (exact) mass is 236 g/mol. The standard InChI is InChI=1S/C13H20N2O2/c1-9(15-10(2)13(16)14-3)11-5-7-12(17-4)8-6-11/h5-10,15H,1-4H3,(H,14,16)/t9-,10?/m1/s1. The molecule has 0 aromatic heterocycles. The van der Waals surface area contributed by atoms with Crippen molar-refractivity contribution in [3.8, 4) is 5.75 Å². The second-order valence-electron chi connectivity index (χ2n) is 4.00. The molecule has 0 aliphatic heterocycles. The third kappa shape index (κ3) is 3.75. The van der Waals surface area contributed by atoms with Crippen LogP contribution in [0.2, 0.25) is 0 Å². The van der Waals surface area contributed by atoms with E-state index in [-0.39, 0.29) is 18.0 Å². The van der Waals surface area contributed by atoms with Crippen molar-refractivity contribution < 1.29 is 9.53 Å². The van der Waals surface area contributed by atoms with E-state index in [1.807, 2.05) is 38.1 Å². The third-order valence-corrected chi connectivity index (χ3v) is 2.76. The minimum absolute atomic E-state index is 0.00892. The molecular weight excluding hydrogens is 216 g/mol. The van der Waals surface area contributed by atoms with Crippen LogP contribution in [0.25, 0.3) is 0 Å². The fourth-order valence-corrected chi connectivity index (χ4v) is 1.66. The Hall–Kier alpha value is -1.55. The summed E-state index contributed by atoms with van der Waals surface area (Å²) in [6.45, 7) is 3.88. The average molecular weight is 236 g/mol. The number of benzene rings is 1. The Labute approximate surface area is 102 Å². The van der Waals surface area contributed by atoms with Gasteiger partial charge in [0.15, 0.2) is 0 Å². The maximum Gasteiger partial charge on any atom is 0.236 e. The van der Waals surface area contributed by atoms with E-state index in [0.29, 0.717) is 0 Å². The summed E-state index contributed by atoms with van der Waals surface area (Å²) in [5.74, 6) is 0.825.